The number of hydrogen-bond donors (Lipinski definition) is 2. The fourth-order valence-corrected chi connectivity index (χ4v) is 2.99. The average Bonchev–Trinajstić information content (AvgIpc) is 2.93. The van der Waals surface area contributed by atoms with Crippen LogP contribution in [0, 0.1) is 12.7 Å². The lowest BCUT2D eigenvalue weighted by atomic mass is 10.1. The van der Waals surface area contributed by atoms with Gasteiger partial charge in [-0.15, -0.1) is 0 Å². The van der Waals surface area contributed by atoms with E-state index in [1.807, 2.05) is 31.2 Å². The minimum Gasteiger partial charge on any atom is -0.363 e. The molecule has 0 aromatic carbocycles. The molecule has 2 N–H and O–H groups in total. The highest BCUT2D eigenvalue weighted by Crippen LogP contribution is 2.25. The molecule has 0 fully saturated rings. The molecule has 31 heavy (non-hydrogen) atoms. The van der Waals surface area contributed by atoms with Gasteiger partial charge >= 0.3 is 0 Å². The third kappa shape index (κ3) is 5.05. The van der Waals surface area contributed by atoms with Crippen molar-refractivity contribution in [2.24, 2.45) is 0 Å². The third-order valence-electron chi connectivity index (χ3n) is 4.53. The Morgan fingerprint density at radius 1 is 0.935 bits per heavy atom. The molecule has 4 aromatic rings. The Kier molecular flexibility index (Phi) is 6.18. The summed E-state index contributed by atoms with van der Waals surface area (Å²) in [5.41, 5.74) is 4.69. The lowest BCUT2D eigenvalue weighted by Gasteiger charge is -2.10. The predicted octanol–water partition coefficient (Wildman–Crippen LogP) is 4.51. The van der Waals surface area contributed by atoms with Crippen molar-refractivity contribution in [1.82, 2.24) is 29.9 Å². The van der Waals surface area contributed by atoms with Crippen LogP contribution in [0.2, 0.25) is 0 Å². The van der Waals surface area contributed by atoms with Gasteiger partial charge in [0.15, 0.2) is 11.6 Å². The average molecular weight is 413 g/mol. The van der Waals surface area contributed by atoms with Gasteiger partial charge in [0.05, 0.1) is 12.0 Å². The molecule has 0 atom stereocenters. The van der Waals surface area contributed by atoms with Crippen molar-refractivity contribution >= 4 is 5.82 Å². The van der Waals surface area contributed by atoms with Gasteiger partial charge in [-0.25, -0.2) is 19.3 Å². The van der Waals surface area contributed by atoms with E-state index in [0.29, 0.717) is 17.7 Å². The Morgan fingerprint density at radius 2 is 1.84 bits per heavy atom. The second-order valence-electron chi connectivity index (χ2n) is 6.74. The maximum atomic E-state index is 15.1. The predicted molar refractivity (Wildman–Crippen MR) is 117 cm³/mol. The normalized spacial score (nSPS) is 10.4. The first-order chi connectivity index (χ1) is 15.2. The van der Waals surface area contributed by atoms with Crippen LogP contribution in [0.25, 0.3) is 22.4 Å². The van der Waals surface area contributed by atoms with Crippen molar-refractivity contribution in [2.45, 2.75) is 13.5 Å². The zero-order valence-corrected chi connectivity index (χ0v) is 16.8. The first kappa shape index (κ1) is 20.1. The summed E-state index contributed by atoms with van der Waals surface area (Å²) in [6.07, 6.45) is 11.2. The number of aromatic amines is 1. The zero-order chi connectivity index (χ0) is 21.5. The molecule has 0 aliphatic rings. The van der Waals surface area contributed by atoms with E-state index in [9.17, 15) is 0 Å². The van der Waals surface area contributed by atoms with E-state index >= 15 is 4.39 Å². The van der Waals surface area contributed by atoms with Gasteiger partial charge in [0, 0.05) is 59.9 Å². The van der Waals surface area contributed by atoms with E-state index in [1.54, 1.807) is 43.1 Å². The second-order valence-corrected chi connectivity index (χ2v) is 6.74. The van der Waals surface area contributed by atoms with Gasteiger partial charge in [-0.3, -0.25) is 9.97 Å². The number of aryl methyl sites for hydroxylation is 1. The van der Waals surface area contributed by atoms with Gasteiger partial charge in [0.2, 0.25) is 0 Å². The van der Waals surface area contributed by atoms with Crippen molar-refractivity contribution < 1.29 is 4.39 Å². The smallest absolute Gasteiger partial charge is 0.173 e. The highest BCUT2D eigenvalue weighted by atomic mass is 19.1. The maximum Gasteiger partial charge on any atom is 0.173 e. The minimum absolute atomic E-state index is 0.161. The Morgan fingerprint density at radius 3 is 2.68 bits per heavy atom. The molecule has 0 saturated heterocycles. The number of hydrogen-bond acceptors (Lipinski definition) is 6. The standard InChI is InChI=1S/C23H20FN7/c1-16-10-18(5-8-28-16)21-3-2-17(11-30-21)12-31-23-22(24)20(6-9-29-23)19-4-7-25-14-27-15-26-13-19/h2-11,13-15H,12H2,1H3,(H,29,31)(H,25,26,27). The summed E-state index contributed by atoms with van der Waals surface area (Å²) in [6.45, 7) is 2.33. The highest BCUT2D eigenvalue weighted by Gasteiger charge is 2.11. The molecular weight excluding hydrogens is 393 g/mol. The van der Waals surface area contributed by atoms with Crippen molar-refractivity contribution in [1.29, 1.82) is 0 Å². The molecule has 0 radical (unpaired) electrons. The van der Waals surface area contributed by atoms with E-state index in [1.165, 1.54) is 12.7 Å². The first-order valence-electron chi connectivity index (χ1n) is 9.63. The van der Waals surface area contributed by atoms with Gasteiger partial charge in [-0.1, -0.05) is 6.07 Å². The number of nitrogens with one attached hydrogen (secondary N) is 2. The van der Waals surface area contributed by atoms with Crippen LogP contribution in [0.15, 0.2) is 80.0 Å². The molecule has 7 nitrogen and oxygen atoms in total. The van der Waals surface area contributed by atoms with E-state index < -0.39 is 5.82 Å². The van der Waals surface area contributed by atoms with Crippen molar-refractivity contribution in [3.05, 3.63) is 97.1 Å². The number of rotatable bonds is 5. The van der Waals surface area contributed by atoms with E-state index in [-0.39, 0.29) is 5.82 Å². The van der Waals surface area contributed by atoms with Gasteiger partial charge in [-0.2, -0.15) is 0 Å². The number of aromatic nitrogens is 6. The van der Waals surface area contributed by atoms with Gasteiger partial charge in [-0.05, 0) is 42.8 Å². The van der Waals surface area contributed by atoms with Crippen LogP contribution in [0.5, 0.6) is 0 Å². The molecule has 0 aliphatic carbocycles. The third-order valence-corrected chi connectivity index (χ3v) is 4.53. The van der Waals surface area contributed by atoms with Crippen LogP contribution in [0.1, 0.15) is 11.3 Å². The topological polar surface area (TPSA) is 92.3 Å². The fraction of sp³-hybridized carbons (Fsp3) is 0.0870. The van der Waals surface area contributed by atoms with Crippen LogP contribution in [-0.4, -0.2) is 29.9 Å². The number of H-pyrrole nitrogens is 1. The minimum atomic E-state index is -0.453. The fourth-order valence-electron chi connectivity index (χ4n) is 2.99. The van der Waals surface area contributed by atoms with Crippen molar-refractivity contribution in [3.8, 4) is 22.4 Å². The molecule has 0 unspecified atom stereocenters. The number of pyridine rings is 3. The molecule has 0 spiro atoms. The van der Waals surface area contributed by atoms with Gasteiger partial charge in [0.1, 0.15) is 6.33 Å². The number of nitrogens with zero attached hydrogens (tertiary/aromatic N) is 5. The van der Waals surface area contributed by atoms with Crippen LogP contribution in [0.3, 0.4) is 0 Å². The van der Waals surface area contributed by atoms with Crippen LogP contribution in [0.4, 0.5) is 10.2 Å². The summed E-state index contributed by atoms with van der Waals surface area (Å²) in [4.78, 5) is 23.7. The molecule has 0 aliphatic heterocycles. The van der Waals surface area contributed by atoms with E-state index in [0.717, 1.165) is 22.5 Å². The molecule has 4 rings (SSSR count). The molecule has 154 valence electrons. The Balaban J connectivity index is 1.52. The Labute approximate surface area is 178 Å². The number of halogens is 1. The molecule has 0 amide bonds. The molecular formula is C23H20FN7. The van der Waals surface area contributed by atoms with Gasteiger partial charge in [0.25, 0.3) is 0 Å². The first-order valence-corrected chi connectivity index (χ1v) is 9.63. The van der Waals surface area contributed by atoms with Gasteiger partial charge < -0.3 is 10.3 Å². The summed E-state index contributed by atoms with van der Waals surface area (Å²) in [5.74, 6) is -0.292. The summed E-state index contributed by atoms with van der Waals surface area (Å²) >= 11 is 0. The Hall–Kier alpha value is -4.20. The summed E-state index contributed by atoms with van der Waals surface area (Å²) < 4.78 is 15.1. The monoisotopic (exact) mass is 413 g/mol. The van der Waals surface area contributed by atoms with Crippen molar-refractivity contribution in [2.75, 3.05) is 5.32 Å². The largest absolute Gasteiger partial charge is 0.363 e. The summed E-state index contributed by atoms with van der Waals surface area (Å²) in [6, 6.07) is 11.1. The SMILES string of the molecule is Cc1cc(-c2ccc(CNc3nccc(-c4cc[nH]cncnc4)c3F)cn2)ccn1. The number of anilines is 1. The van der Waals surface area contributed by atoms with Crippen LogP contribution < -0.4 is 5.32 Å². The lowest BCUT2D eigenvalue weighted by Crippen LogP contribution is -2.05. The zero-order valence-electron chi connectivity index (χ0n) is 16.8. The molecule has 4 aromatic heterocycles. The summed E-state index contributed by atoms with van der Waals surface area (Å²) in [7, 11) is 0. The lowest BCUT2D eigenvalue weighted by molar-refractivity contribution is 0.627. The van der Waals surface area contributed by atoms with E-state index in [4.69, 9.17) is 0 Å². The molecule has 0 saturated carbocycles. The Bertz CT molecular complexity index is 1200. The summed E-state index contributed by atoms with van der Waals surface area (Å²) in [5, 5.41) is 3.05. The molecule has 0 bridgehead atoms. The second kappa shape index (κ2) is 9.53. The molecule has 8 heteroatoms. The molecule has 4 heterocycles. The quantitative estimate of drug-likeness (QED) is 0.500. The maximum absolute atomic E-state index is 15.1. The van der Waals surface area contributed by atoms with E-state index in [2.05, 4.69) is 35.2 Å². The van der Waals surface area contributed by atoms with Crippen LogP contribution in [-0.2, 0) is 6.54 Å². The van der Waals surface area contributed by atoms with Crippen molar-refractivity contribution in [3.63, 3.8) is 0 Å². The van der Waals surface area contributed by atoms with Crippen LogP contribution >= 0.6 is 0 Å². The highest BCUT2D eigenvalue weighted by molar-refractivity contribution is 5.66.